The first-order chi connectivity index (χ1) is 47.6. The minimum atomic E-state index is -3.46. The number of unbranched alkanes of at least 4 members (excludes halogenated alkanes) is 4. The fraction of sp³-hybridized carbons (Fsp3) is 0.473. The van der Waals surface area contributed by atoms with Crippen molar-refractivity contribution in [2.45, 2.75) is 250 Å². The topological polar surface area (TPSA) is 115 Å². The highest BCUT2D eigenvalue weighted by molar-refractivity contribution is 7.91. The summed E-state index contributed by atoms with van der Waals surface area (Å²) in [4.78, 5) is 0.375. The maximum Gasteiger partial charge on any atom is 0.179 e. The van der Waals surface area contributed by atoms with E-state index in [4.69, 9.17) is 0 Å². The normalized spacial score (nSPS) is 26.9. The van der Waals surface area contributed by atoms with Gasteiger partial charge in [0.05, 0.1) is 35.1 Å². The summed E-state index contributed by atoms with van der Waals surface area (Å²) in [6.07, 6.45) is 21.7. The van der Waals surface area contributed by atoms with Crippen molar-refractivity contribution in [3.05, 3.63) is 280 Å². The van der Waals surface area contributed by atoms with E-state index in [1.54, 1.807) is 12.1 Å². The van der Waals surface area contributed by atoms with E-state index in [0.29, 0.717) is 11.3 Å². The van der Waals surface area contributed by atoms with Crippen molar-refractivity contribution in [2.75, 3.05) is 5.75 Å². The van der Waals surface area contributed by atoms with Crippen molar-refractivity contribution in [1.82, 2.24) is 0 Å². The molecule has 0 unspecified atom stereocenters. The van der Waals surface area contributed by atoms with Gasteiger partial charge in [0.1, 0.15) is 0 Å². The van der Waals surface area contributed by atoms with Gasteiger partial charge in [0.15, 0.2) is 9.84 Å². The first-order valence-corrected chi connectivity index (χ1v) is 39.7. The zero-order chi connectivity index (χ0) is 69.8. The van der Waals surface area contributed by atoms with Gasteiger partial charge in [-0.25, -0.2) is 8.42 Å². The Morgan fingerprint density at radius 3 is 0.827 bits per heavy atom. The molecule has 6 nitrogen and oxygen atoms in total. The highest BCUT2D eigenvalue weighted by atomic mass is 32.2. The molecule has 0 aromatic heterocycles. The molecule has 524 valence electrons. The van der Waals surface area contributed by atoms with Gasteiger partial charge in [-0.2, -0.15) is 0 Å². The number of aliphatic hydroxyl groups is 4. The lowest BCUT2D eigenvalue weighted by molar-refractivity contribution is -0.00163. The van der Waals surface area contributed by atoms with Gasteiger partial charge in [-0.15, -0.1) is 0 Å². The first kappa shape index (κ1) is 75.7. The summed E-state index contributed by atoms with van der Waals surface area (Å²) in [6, 6.07) is 75.0. The third-order valence-corrected chi connectivity index (χ3v) is 26.2. The molecule has 0 saturated carbocycles. The molecule has 98 heavy (non-hydrogen) atoms. The number of aliphatic hydroxyl groups excluding tert-OH is 4. The fourth-order valence-electron chi connectivity index (χ4n) is 17.9. The Balaban J connectivity index is 0.000000153. The minimum absolute atomic E-state index is 0.0119. The maximum atomic E-state index is 13.2. The van der Waals surface area contributed by atoms with Crippen molar-refractivity contribution in [2.24, 2.45) is 21.7 Å². The average Bonchev–Trinajstić information content (AvgIpc) is 1.60. The summed E-state index contributed by atoms with van der Waals surface area (Å²) in [5.74, 6) is -0.0653. The molecule has 3 aliphatic carbocycles. The van der Waals surface area contributed by atoms with Gasteiger partial charge < -0.3 is 20.4 Å². The largest absolute Gasteiger partial charge is 0.392 e. The molecular weight excluding hydrogens is 1220 g/mol. The minimum Gasteiger partial charge on any atom is -0.392 e. The van der Waals surface area contributed by atoms with E-state index in [1.165, 1.54) is 88.6 Å². The number of rotatable bonds is 20. The zero-order valence-corrected chi connectivity index (χ0v) is 61.5. The van der Waals surface area contributed by atoms with Crippen LogP contribution in [-0.4, -0.2) is 59.0 Å². The Kier molecular flexibility index (Phi) is 27.6. The Hall–Kier alpha value is -6.45. The van der Waals surface area contributed by atoms with Crippen LogP contribution in [0.5, 0.6) is 0 Å². The molecule has 7 heteroatoms. The molecule has 12 rings (SSSR count). The predicted octanol–water partition coefficient (Wildman–Crippen LogP) is 21.7. The van der Waals surface area contributed by atoms with Gasteiger partial charge in [0, 0.05) is 29.1 Å². The molecule has 0 amide bonds. The van der Waals surface area contributed by atoms with Crippen molar-refractivity contribution in [3.8, 4) is 0 Å². The van der Waals surface area contributed by atoms with E-state index in [1.807, 2.05) is 49.4 Å². The van der Waals surface area contributed by atoms with Crippen molar-refractivity contribution in [1.29, 1.82) is 0 Å². The second-order valence-electron chi connectivity index (χ2n) is 29.5. The van der Waals surface area contributed by atoms with Crippen LogP contribution in [0.15, 0.2) is 223 Å². The lowest BCUT2D eigenvalue weighted by Gasteiger charge is -2.40. The van der Waals surface area contributed by atoms with Crippen LogP contribution < -0.4 is 0 Å². The molecule has 4 aliphatic rings. The van der Waals surface area contributed by atoms with Gasteiger partial charge in [-0.1, -0.05) is 319 Å². The number of fused-ring (bicyclic) bond motifs is 4. The van der Waals surface area contributed by atoms with Crippen molar-refractivity contribution in [3.63, 3.8) is 0 Å². The molecule has 0 radical (unpaired) electrons. The molecule has 0 bridgehead atoms. The molecule has 4 N–H and O–H groups in total. The van der Waals surface area contributed by atoms with Crippen LogP contribution in [-0.2, 0) is 29.1 Å². The fourth-order valence-corrected chi connectivity index (χ4v) is 20.1. The lowest BCUT2D eigenvalue weighted by atomic mass is 9.67. The van der Waals surface area contributed by atoms with Crippen LogP contribution in [0.4, 0.5) is 0 Å². The third-order valence-electron chi connectivity index (χ3n) is 24.3. The number of aryl methyl sites for hydroxylation is 3. The Morgan fingerprint density at radius 1 is 0.306 bits per heavy atom. The summed E-state index contributed by atoms with van der Waals surface area (Å²) < 4.78 is 26.5. The second-order valence-corrected chi connectivity index (χ2v) is 31.5. The van der Waals surface area contributed by atoms with Gasteiger partial charge in [0.2, 0.25) is 0 Å². The van der Waals surface area contributed by atoms with Gasteiger partial charge in [-0.05, 0) is 173 Å². The van der Waals surface area contributed by atoms with Crippen LogP contribution >= 0.6 is 0 Å². The molecule has 1 heterocycles. The van der Waals surface area contributed by atoms with E-state index in [9.17, 15) is 28.8 Å². The molecule has 0 saturated heterocycles. The molecule has 1 aliphatic heterocycles. The number of hydrogen-bond donors (Lipinski definition) is 4. The zero-order valence-electron chi connectivity index (χ0n) is 60.7. The summed E-state index contributed by atoms with van der Waals surface area (Å²) in [5, 5.41) is 46.3. The first-order valence-electron chi connectivity index (χ1n) is 38.1. The monoisotopic (exact) mass is 1340 g/mol. The van der Waals surface area contributed by atoms with Crippen LogP contribution in [0.3, 0.4) is 0 Å². The lowest BCUT2D eigenvalue weighted by Crippen LogP contribution is -2.42. The van der Waals surface area contributed by atoms with Crippen LogP contribution in [0.2, 0.25) is 0 Å². The quantitative estimate of drug-likeness (QED) is 0.0565. The highest BCUT2D eigenvalue weighted by Crippen LogP contribution is 2.53. The number of hydrogen-bond acceptors (Lipinski definition) is 6. The Labute approximate surface area is 591 Å². The number of sulfone groups is 1. The van der Waals surface area contributed by atoms with Gasteiger partial charge >= 0.3 is 0 Å². The van der Waals surface area contributed by atoms with Crippen molar-refractivity contribution >= 4 is 9.84 Å². The van der Waals surface area contributed by atoms with Crippen molar-refractivity contribution < 1.29 is 28.8 Å². The average molecular weight is 1340 g/mol. The summed E-state index contributed by atoms with van der Waals surface area (Å²) in [6.45, 7) is 17.6. The van der Waals surface area contributed by atoms with E-state index < -0.39 is 21.4 Å². The van der Waals surface area contributed by atoms with E-state index in [0.717, 1.165) is 107 Å². The van der Waals surface area contributed by atoms with E-state index in [2.05, 4.69) is 212 Å². The SMILES string of the molecule is CCCC[C@]1(CC)CCc2ccccc2[C@@H](c2ccccc2)[C@H]1O.CCCC[C@]1(CC)CCc2ccccc2[C@H](c2ccccc2)[C@@H]1O.CCCC[C@]1(CC)CCc2ccccc2[C@H](c2ccccc2)[C@H]1O.CCCC[C@]1(CC)CS(=O)(=O)c2ccccc2[C@@H](c2ccccc2)[C@@H]1O. The molecular formula is C91H118O6S. The third kappa shape index (κ3) is 16.9. The Morgan fingerprint density at radius 2 is 0.541 bits per heavy atom. The predicted molar refractivity (Wildman–Crippen MR) is 409 cm³/mol. The molecule has 0 fully saturated rings. The number of benzene rings is 8. The Bertz CT molecular complexity index is 3500. The molecule has 8 aromatic rings. The summed E-state index contributed by atoms with van der Waals surface area (Å²) >= 11 is 0. The van der Waals surface area contributed by atoms with E-state index >= 15 is 0 Å². The standard InChI is InChI=1S/3C23H30O.C22H28O3S/c3*1-3-5-16-23(4-2)17-15-18-11-9-10-14-20(18)21(22(23)24)19-12-7-6-8-13-19;1-3-5-15-22(4-2)16-26(24,25)19-14-10-9-13-18(19)20(21(22)23)17-11-7-6-8-12-17/h3*6-14,21-22,24H,3-5,15-17H2,1-2H3;6-14,20-21,23H,3-5,15-16H2,1-2H3/t21-,22+,23+;21-,22-,23+;21-,22-,23-;20-,21+,22-/m0011/s1. The second kappa shape index (κ2) is 35.7. The smallest absolute Gasteiger partial charge is 0.179 e. The van der Waals surface area contributed by atoms with Gasteiger partial charge in [-0.3, -0.25) is 0 Å². The van der Waals surface area contributed by atoms with Crippen LogP contribution in [0.1, 0.15) is 262 Å². The van der Waals surface area contributed by atoms with Crippen LogP contribution in [0.25, 0.3) is 0 Å². The van der Waals surface area contributed by atoms with E-state index in [-0.39, 0.29) is 64.0 Å². The summed E-state index contributed by atoms with van der Waals surface area (Å²) in [7, 11) is -3.46. The highest BCUT2D eigenvalue weighted by Gasteiger charge is 2.50. The van der Waals surface area contributed by atoms with Gasteiger partial charge in [0.25, 0.3) is 0 Å². The maximum absolute atomic E-state index is 13.2. The molecule has 0 spiro atoms. The summed E-state index contributed by atoms with van der Waals surface area (Å²) in [5.41, 5.74) is 13.1. The molecule has 12 atom stereocenters. The molecule has 8 aromatic carbocycles. The van der Waals surface area contributed by atoms with Crippen LogP contribution in [0, 0.1) is 21.7 Å².